The van der Waals surface area contributed by atoms with Crippen molar-refractivity contribution >= 4 is 17.9 Å². The third-order valence-corrected chi connectivity index (χ3v) is 3.10. The van der Waals surface area contributed by atoms with Crippen LogP contribution in [0, 0.1) is 12.3 Å². The molecular formula is C16H22O8. The van der Waals surface area contributed by atoms with Crippen molar-refractivity contribution in [1.82, 2.24) is 0 Å². The van der Waals surface area contributed by atoms with Gasteiger partial charge in [0.25, 0.3) is 0 Å². The summed E-state index contributed by atoms with van der Waals surface area (Å²) in [5, 5.41) is 0. The monoisotopic (exact) mass is 342 g/mol. The Morgan fingerprint density at radius 1 is 1.12 bits per heavy atom. The van der Waals surface area contributed by atoms with Crippen LogP contribution in [0.25, 0.3) is 0 Å². The maximum atomic E-state index is 11.3. The van der Waals surface area contributed by atoms with Crippen LogP contribution in [0.1, 0.15) is 33.6 Å². The number of terminal acetylenes is 1. The quantitative estimate of drug-likeness (QED) is 0.287. The fourth-order valence-corrected chi connectivity index (χ4v) is 2.25. The average Bonchev–Trinajstić information content (AvgIpc) is 2.47. The lowest BCUT2D eigenvalue weighted by Crippen LogP contribution is -2.54. The van der Waals surface area contributed by atoms with Crippen LogP contribution in [0.2, 0.25) is 0 Å². The van der Waals surface area contributed by atoms with Crippen LogP contribution in [0.15, 0.2) is 0 Å². The highest BCUT2D eigenvalue weighted by Gasteiger charge is 2.44. The standard InChI is InChI=1S/C16H22O8/c1-5-6-7-20-15-8-13(22-11(3)18)16(23-12(4)19)14(24-15)9-21-10(2)17/h1,13-16H,6-9H2,2-4H3/t13-,14-,15+,16+/m1/s1. The fourth-order valence-electron chi connectivity index (χ4n) is 2.25. The van der Waals surface area contributed by atoms with E-state index in [0.717, 1.165) is 0 Å². The minimum Gasteiger partial charge on any atom is -0.463 e. The highest BCUT2D eigenvalue weighted by molar-refractivity contribution is 5.67. The lowest BCUT2D eigenvalue weighted by molar-refractivity contribution is -0.265. The van der Waals surface area contributed by atoms with Crippen LogP contribution in [0.5, 0.6) is 0 Å². The van der Waals surface area contributed by atoms with Gasteiger partial charge in [0.05, 0.1) is 6.61 Å². The summed E-state index contributed by atoms with van der Waals surface area (Å²) in [6.07, 6.45) is 2.48. The normalized spacial score (nSPS) is 26.1. The molecule has 8 nitrogen and oxygen atoms in total. The Morgan fingerprint density at radius 3 is 2.33 bits per heavy atom. The number of carbonyl (C=O) groups excluding carboxylic acids is 3. The van der Waals surface area contributed by atoms with E-state index in [0.29, 0.717) is 6.42 Å². The molecule has 1 fully saturated rings. The maximum Gasteiger partial charge on any atom is 0.303 e. The molecule has 4 atom stereocenters. The Morgan fingerprint density at radius 2 is 1.79 bits per heavy atom. The van der Waals surface area contributed by atoms with Crippen LogP contribution in [-0.2, 0) is 38.1 Å². The predicted molar refractivity (Wildman–Crippen MR) is 80.4 cm³/mol. The van der Waals surface area contributed by atoms with Gasteiger partial charge in [-0.3, -0.25) is 14.4 Å². The lowest BCUT2D eigenvalue weighted by atomic mass is 10.0. The summed E-state index contributed by atoms with van der Waals surface area (Å²) in [6.45, 7) is 3.80. The van der Waals surface area contributed by atoms with Crippen LogP contribution < -0.4 is 0 Å². The Labute approximate surface area is 140 Å². The van der Waals surface area contributed by atoms with Gasteiger partial charge in [-0.15, -0.1) is 12.3 Å². The second-order valence-corrected chi connectivity index (χ2v) is 5.19. The zero-order valence-corrected chi connectivity index (χ0v) is 14.0. The molecule has 0 unspecified atom stereocenters. The van der Waals surface area contributed by atoms with Crippen molar-refractivity contribution in [3.63, 3.8) is 0 Å². The van der Waals surface area contributed by atoms with E-state index in [9.17, 15) is 14.4 Å². The van der Waals surface area contributed by atoms with Crippen molar-refractivity contribution < 1.29 is 38.1 Å². The highest BCUT2D eigenvalue weighted by Crippen LogP contribution is 2.27. The number of hydrogen-bond acceptors (Lipinski definition) is 8. The zero-order valence-electron chi connectivity index (χ0n) is 14.0. The van der Waals surface area contributed by atoms with Gasteiger partial charge in [-0.2, -0.15) is 0 Å². The lowest BCUT2D eigenvalue weighted by Gasteiger charge is -2.39. The van der Waals surface area contributed by atoms with Gasteiger partial charge < -0.3 is 23.7 Å². The third kappa shape index (κ3) is 6.98. The Hall–Kier alpha value is -2.11. The van der Waals surface area contributed by atoms with Gasteiger partial charge in [0.15, 0.2) is 12.4 Å². The SMILES string of the molecule is C#CCCO[C@@H]1C[C@@H](OC(C)=O)[C@H](OC(C)=O)[C@@H](COC(C)=O)O1. The molecule has 0 aromatic heterocycles. The number of rotatable bonds is 7. The molecule has 0 N–H and O–H groups in total. The maximum absolute atomic E-state index is 11.3. The summed E-state index contributed by atoms with van der Waals surface area (Å²) in [4.78, 5) is 33.7. The first kappa shape index (κ1) is 19.9. The highest BCUT2D eigenvalue weighted by atomic mass is 16.7. The van der Waals surface area contributed by atoms with Gasteiger partial charge >= 0.3 is 17.9 Å². The number of esters is 3. The largest absolute Gasteiger partial charge is 0.463 e. The van der Waals surface area contributed by atoms with Gasteiger partial charge in [0.2, 0.25) is 0 Å². The molecule has 0 aromatic carbocycles. The van der Waals surface area contributed by atoms with E-state index in [1.165, 1.54) is 20.8 Å². The van der Waals surface area contributed by atoms with Gasteiger partial charge in [0, 0.05) is 33.6 Å². The first-order valence-electron chi connectivity index (χ1n) is 7.51. The minimum absolute atomic E-state index is 0.165. The molecule has 0 bridgehead atoms. The molecule has 8 heteroatoms. The smallest absolute Gasteiger partial charge is 0.303 e. The van der Waals surface area contributed by atoms with Crippen molar-refractivity contribution in [2.75, 3.05) is 13.2 Å². The minimum atomic E-state index is -0.904. The third-order valence-electron chi connectivity index (χ3n) is 3.10. The number of carbonyl (C=O) groups is 3. The van der Waals surface area contributed by atoms with Gasteiger partial charge in [-0.25, -0.2) is 0 Å². The molecule has 0 spiro atoms. The Balaban J connectivity index is 2.87. The molecule has 134 valence electrons. The molecule has 24 heavy (non-hydrogen) atoms. The van der Waals surface area contributed by atoms with Crippen LogP contribution >= 0.6 is 0 Å². The summed E-state index contributed by atoms with van der Waals surface area (Å²) in [5.41, 5.74) is 0. The van der Waals surface area contributed by atoms with E-state index in [4.69, 9.17) is 30.1 Å². The first-order chi connectivity index (χ1) is 11.3. The second kappa shape index (κ2) is 9.90. The summed E-state index contributed by atoms with van der Waals surface area (Å²) in [5.74, 6) is 0.814. The predicted octanol–water partition coefficient (Wildman–Crippen LogP) is 0.568. The van der Waals surface area contributed by atoms with E-state index in [1.54, 1.807) is 0 Å². The number of ether oxygens (including phenoxy) is 5. The molecule has 1 saturated heterocycles. The second-order valence-electron chi connectivity index (χ2n) is 5.19. The Bertz CT molecular complexity index is 495. The molecule has 0 aromatic rings. The van der Waals surface area contributed by atoms with Crippen molar-refractivity contribution in [2.45, 2.75) is 58.2 Å². The fraction of sp³-hybridized carbons (Fsp3) is 0.688. The van der Waals surface area contributed by atoms with E-state index in [-0.39, 0.29) is 19.6 Å². The van der Waals surface area contributed by atoms with Crippen LogP contribution in [0.3, 0.4) is 0 Å². The molecule has 1 heterocycles. The van der Waals surface area contributed by atoms with Crippen LogP contribution in [-0.4, -0.2) is 55.7 Å². The molecule has 1 aliphatic heterocycles. The topological polar surface area (TPSA) is 97.4 Å². The van der Waals surface area contributed by atoms with Gasteiger partial charge in [0.1, 0.15) is 18.8 Å². The van der Waals surface area contributed by atoms with Gasteiger partial charge in [-0.1, -0.05) is 0 Å². The summed E-state index contributed by atoms with van der Waals surface area (Å²) in [6, 6.07) is 0. The summed E-state index contributed by atoms with van der Waals surface area (Å²) >= 11 is 0. The molecule has 1 rings (SSSR count). The van der Waals surface area contributed by atoms with Crippen molar-refractivity contribution in [3.8, 4) is 12.3 Å². The molecular weight excluding hydrogens is 320 g/mol. The van der Waals surface area contributed by atoms with E-state index < -0.39 is 42.5 Å². The van der Waals surface area contributed by atoms with E-state index in [1.807, 2.05) is 0 Å². The van der Waals surface area contributed by atoms with Gasteiger partial charge in [-0.05, 0) is 0 Å². The van der Waals surface area contributed by atoms with Crippen molar-refractivity contribution in [2.24, 2.45) is 0 Å². The van der Waals surface area contributed by atoms with Crippen molar-refractivity contribution in [3.05, 3.63) is 0 Å². The zero-order chi connectivity index (χ0) is 18.1. The molecule has 0 aliphatic carbocycles. The molecule has 1 aliphatic rings. The Kier molecular flexibility index (Phi) is 8.22. The van der Waals surface area contributed by atoms with Crippen molar-refractivity contribution in [1.29, 1.82) is 0 Å². The molecule has 0 radical (unpaired) electrons. The molecule has 0 amide bonds. The first-order valence-corrected chi connectivity index (χ1v) is 7.51. The average molecular weight is 342 g/mol. The van der Waals surface area contributed by atoms with E-state index >= 15 is 0 Å². The summed E-state index contributed by atoms with van der Waals surface area (Å²) in [7, 11) is 0. The van der Waals surface area contributed by atoms with E-state index in [2.05, 4.69) is 5.92 Å². The summed E-state index contributed by atoms with van der Waals surface area (Å²) < 4.78 is 26.5. The number of hydrogen-bond donors (Lipinski definition) is 0. The van der Waals surface area contributed by atoms with Crippen LogP contribution in [0.4, 0.5) is 0 Å². The molecule has 0 saturated carbocycles.